The molecule has 0 aromatic heterocycles. The molecule has 0 bridgehead atoms. The quantitative estimate of drug-likeness (QED) is 0.588. The summed E-state index contributed by atoms with van der Waals surface area (Å²) in [5.41, 5.74) is 12.4. The predicted molar refractivity (Wildman–Crippen MR) is 77.1 cm³/mol. The minimum atomic E-state index is -0.981. The molecule has 0 aromatic carbocycles. The van der Waals surface area contributed by atoms with E-state index in [1.54, 1.807) is 0 Å². The highest BCUT2D eigenvalue weighted by Gasteiger charge is 2.73. The van der Waals surface area contributed by atoms with E-state index in [1.165, 1.54) is 5.57 Å². The van der Waals surface area contributed by atoms with Gasteiger partial charge in [-0.15, -0.1) is 0 Å². The molecule has 0 radical (unpaired) electrons. The van der Waals surface area contributed by atoms with Gasteiger partial charge in [0.15, 0.2) is 23.3 Å². The molecule has 120 valence electrons. The van der Waals surface area contributed by atoms with Crippen molar-refractivity contribution in [2.45, 2.75) is 63.4 Å². The number of hydrogen-bond acceptors (Lipinski definition) is 6. The summed E-state index contributed by atoms with van der Waals surface area (Å²) in [6, 6.07) is 0. The Balaban J connectivity index is 0.00000113. The number of nitrogens with two attached hydrogens (primary N) is 2. The van der Waals surface area contributed by atoms with Gasteiger partial charge in [-0.2, -0.15) is 0 Å². The molecule has 22 heavy (non-hydrogen) atoms. The highest BCUT2D eigenvalue weighted by atomic mass is 16.7. The molecule has 2 aliphatic carbocycles. The lowest BCUT2D eigenvalue weighted by Crippen LogP contribution is -2.54. The summed E-state index contributed by atoms with van der Waals surface area (Å²) in [5.74, 6) is 3.29. The molecule has 6 nitrogen and oxygen atoms in total. The largest absolute Gasteiger partial charge is 0.478 e. The Morgan fingerprint density at radius 2 is 1.82 bits per heavy atom. The highest BCUT2D eigenvalue weighted by molar-refractivity contribution is 5.57. The molecule has 4 aliphatic heterocycles. The van der Waals surface area contributed by atoms with Crippen LogP contribution < -0.4 is 11.5 Å². The maximum Gasteiger partial charge on any atom is 0.194 e. The van der Waals surface area contributed by atoms with E-state index in [1.807, 2.05) is 0 Å². The zero-order valence-electron chi connectivity index (χ0n) is 11.7. The molecular formula is C16H22N2O4. The fraction of sp³-hybridized carbons (Fsp3) is 0.750. The molecule has 6 heteroatoms. The lowest BCUT2D eigenvalue weighted by molar-refractivity contribution is 0.205. The number of rotatable bonds is 3. The number of hydrogen-bond donors (Lipinski definition) is 2. The van der Waals surface area contributed by atoms with Crippen LogP contribution >= 0.6 is 0 Å². The summed E-state index contributed by atoms with van der Waals surface area (Å²) in [7, 11) is 0. The van der Waals surface area contributed by atoms with Crippen LogP contribution in [0.25, 0.3) is 0 Å². The average molecular weight is 306 g/mol. The van der Waals surface area contributed by atoms with Crippen LogP contribution in [0.5, 0.6) is 0 Å². The van der Waals surface area contributed by atoms with Gasteiger partial charge in [-0.25, -0.2) is 0 Å². The van der Waals surface area contributed by atoms with Gasteiger partial charge in [-0.05, 0) is 12.3 Å². The van der Waals surface area contributed by atoms with E-state index in [9.17, 15) is 0 Å². The van der Waals surface area contributed by atoms with Crippen molar-refractivity contribution < 1.29 is 18.9 Å². The van der Waals surface area contributed by atoms with E-state index < -0.39 is 5.66 Å². The normalized spacial score (nSPS) is 50.4. The maximum atomic E-state index is 6.09. The van der Waals surface area contributed by atoms with Gasteiger partial charge >= 0.3 is 0 Å². The van der Waals surface area contributed by atoms with Gasteiger partial charge in [0.1, 0.15) is 18.0 Å². The molecule has 7 atom stereocenters. The Morgan fingerprint density at radius 3 is 2.59 bits per heavy atom. The molecule has 4 N–H and O–H groups in total. The first kappa shape index (κ1) is 13.4. The topological polar surface area (TPSA) is 102 Å². The molecule has 0 amide bonds. The molecule has 4 fully saturated rings. The van der Waals surface area contributed by atoms with Crippen LogP contribution in [0.4, 0.5) is 0 Å². The van der Waals surface area contributed by atoms with Crippen LogP contribution in [-0.4, -0.2) is 36.2 Å². The van der Waals surface area contributed by atoms with Gasteiger partial charge in [0, 0.05) is 11.5 Å². The number of epoxide rings is 3. The van der Waals surface area contributed by atoms with Gasteiger partial charge in [0.05, 0.1) is 12.2 Å². The van der Waals surface area contributed by atoms with Crippen LogP contribution in [-0.2, 0) is 18.9 Å². The Bertz CT molecular complexity index is 640. The van der Waals surface area contributed by atoms with Crippen molar-refractivity contribution in [3.05, 3.63) is 22.9 Å². The van der Waals surface area contributed by atoms with Gasteiger partial charge in [-0.1, -0.05) is 20.8 Å². The number of ether oxygens (including phenoxy) is 4. The second-order valence-corrected chi connectivity index (χ2v) is 7.08. The first-order valence-corrected chi connectivity index (χ1v) is 7.85. The first-order valence-electron chi connectivity index (χ1n) is 7.85. The molecule has 6 aliphatic rings. The van der Waals surface area contributed by atoms with E-state index in [2.05, 4.69) is 6.92 Å². The molecule has 3 saturated heterocycles. The SMILES string of the molecule is C.CCCC1C2OC2C2OC2C1C1=C2OC2C(N)(N)C2=C1O2. The zero-order chi connectivity index (χ0) is 14.1. The van der Waals surface area contributed by atoms with E-state index in [4.69, 9.17) is 30.4 Å². The van der Waals surface area contributed by atoms with Gasteiger partial charge < -0.3 is 30.4 Å². The number of allylic oxidation sites excluding steroid dienone is 1. The van der Waals surface area contributed by atoms with Crippen LogP contribution in [0.1, 0.15) is 27.2 Å². The molecule has 7 unspecified atom stereocenters. The van der Waals surface area contributed by atoms with Crippen molar-refractivity contribution in [2.24, 2.45) is 23.3 Å². The molecule has 4 heterocycles. The van der Waals surface area contributed by atoms with Crippen molar-refractivity contribution in [3.8, 4) is 0 Å². The summed E-state index contributed by atoms with van der Waals surface area (Å²) in [4.78, 5) is 0. The predicted octanol–water partition coefficient (Wildman–Crippen LogP) is 0.725. The smallest absolute Gasteiger partial charge is 0.194 e. The van der Waals surface area contributed by atoms with Crippen LogP contribution in [0.2, 0.25) is 0 Å². The van der Waals surface area contributed by atoms with Crippen molar-refractivity contribution in [2.75, 3.05) is 0 Å². The third-order valence-electron chi connectivity index (χ3n) is 5.77. The summed E-state index contributed by atoms with van der Waals surface area (Å²) in [6.07, 6.45) is 3.24. The van der Waals surface area contributed by atoms with E-state index in [-0.39, 0.29) is 25.7 Å². The minimum absolute atomic E-state index is 0. The van der Waals surface area contributed by atoms with Crippen molar-refractivity contribution in [1.29, 1.82) is 0 Å². The molecule has 0 spiro atoms. The van der Waals surface area contributed by atoms with Crippen LogP contribution in [0.15, 0.2) is 22.9 Å². The minimum Gasteiger partial charge on any atom is -0.478 e. The second-order valence-electron chi connectivity index (χ2n) is 7.08. The number of fused-ring (bicyclic) bond motifs is 4. The fourth-order valence-electron chi connectivity index (χ4n) is 4.64. The summed E-state index contributed by atoms with van der Waals surface area (Å²) >= 11 is 0. The van der Waals surface area contributed by atoms with Crippen LogP contribution in [0.3, 0.4) is 0 Å². The van der Waals surface area contributed by atoms with E-state index in [0.717, 1.165) is 24.4 Å². The lowest BCUT2D eigenvalue weighted by atomic mass is 9.71. The Morgan fingerprint density at radius 1 is 1.09 bits per heavy atom. The standard InChI is InChI=1S/C15H18N2O4.CH4/c1-2-3-4-5(8-12(19-8)11-7(4)18-11)6-9-13(20-9)15(16,17)14-10(6)21-14;/h4-5,7-8,11-13H,2-3,16-17H2,1H3;1H4. The fourth-order valence-corrected chi connectivity index (χ4v) is 4.64. The van der Waals surface area contributed by atoms with Gasteiger partial charge in [-0.3, -0.25) is 0 Å². The Kier molecular flexibility index (Phi) is 2.25. The highest BCUT2D eigenvalue weighted by Crippen LogP contribution is 2.63. The first-order chi connectivity index (χ1) is 10.1. The van der Waals surface area contributed by atoms with Crippen LogP contribution in [0, 0.1) is 11.8 Å². The lowest BCUT2D eigenvalue weighted by Gasteiger charge is -2.27. The molecule has 6 rings (SSSR count). The average Bonchev–Trinajstić information content (AvgIpc) is 3.30. The van der Waals surface area contributed by atoms with E-state index >= 15 is 0 Å². The Labute approximate surface area is 129 Å². The van der Waals surface area contributed by atoms with Crippen molar-refractivity contribution in [3.63, 3.8) is 0 Å². The second kappa shape index (κ2) is 3.70. The third-order valence-corrected chi connectivity index (χ3v) is 5.77. The van der Waals surface area contributed by atoms with Gasteiger partial charge in [0.25, 0.3) is 0 Å². The maximum absolute atomic E-state index is 6.09. The molecule has 0 aromatic rings. The molecule has 1 saturated carbocycles. The van der Waals surface area contributed by atoms with Crippen molar-refractivity contribution in [1.82, 2.24) is 0 Å². The van der Waals surface area contributed by atoms with E-state index in [0.29, 0.717) is 29.8 Å². The monoisotopic (exact) mass is 306 g/mol. The van der Waals surface area contributed by atoms with Gasteiger partial charge in [0.2, 0.25) is 0 Å². The Hall–Kier alpha value is -1.08. The third kappa shape index (κ3) is 1.40. The molecular weight excluding hydrogens is 284 g/mol. The summed E-state index contributed by atoms with van der Waals surface area (Å²) in [6.45, 7) is 2.21. The van der Waals surface area contributed by atoms with Crippen molar-refractivity contribution >= 4 is 0 Å². The summed E-state index contributed by atoms with van der Waals surface area (Å²) < 4.78 is 23.1. The summed E-state index contributed by atoms with van der Waals surface area (Å²) in [5, 5.41) is 0. The zero-order valence-corrected chi connectivity index (χ0v) is 11.7.